The molecule has 4 nitrogen and oxygen atoms in total. The van der Waals surface area contributed by atoms with E-state index in [1.165, 1.54) is 0 Å². The quantitative estimate of drug-likeness (QED) is 0.190. The predicted octanol–water partition coefficient (Wildman–Crippen LogP) is 1.78. The third-order valence-electron chi connectivity index (χ3n) is 2.77. The molecule has 0 aliphatic carbocycles. The van der Waals surface area contributed by atoms with E-state index in [2.05, 4.69) is 31.2 Å². The van der Waals surface area contributed by atoms with Crippen LogP contribution in [0.2, 0.25) is 0 Å². The molecule has 0 rings (SSSR count). The standard InChI is InChI=1S/C11H25N3O/c1-9(2)10(3)8-13-7-5-4-6-11(12)14-15/h9-10,13,15H,4-8H2,1-3H3,(H2,12,14). The summed E-state index contributed by atoms with van der Waals surface area (Å²) >= 11 is 0. The summed E-state index contributed by atoms with van der Waals surface area (Å²) < 4.78 is 0. The highest BCUT2D eigenvalue weighted by atomic mass is 16.4. The van der Waals surface area contributed by atoms with Gasteiger partial charge in [-0.1, -0.05) is 25.9 Å². The molecule has 0 spiro atoms. The monoisotopic (exact) mass is 215 g/mol. The Labute approximate surface area is 92.9 Å². The van der Waals surface area contributed by atoms with Crippen LogP contribution in [-0.2, 0) is 0 Å². The van der Waals surface area contributed by atoms with Gasteiger partial charge in [0.15, 0.2) is 0 Å². The minimum atomic E-state index is 0.325. The Morgan fingerprint density at radius 2 is 2.00 bits per heavy atom. The summed E-state index contributed by atoms with van der Waals surface area (Å²) in [7, 11) is 0. The fraction of sp³-hybridized carbons (Fsp3) is 0.909. The molecule has 1 atom stereocenters. The van der Waals surface area contributed by atoms with Crippen LogP contribution in [0.3, 0.4) is 0 Å². The second-order valence-electron chi connectivity index (χ2n) is 4.47. The lowest BCUT2D eigenvalue weighted by molar-refractivity contribution is 0.316. The SMILES string of the molecule is CC(C)C(C)CNCCCCC(N)=NO. The minimum Gasteiger partial charge on any atom is -0.409 e. The van der Waals surface area contributed by atoms with Gasteiger partial charge in [-0.25, -0.2) is 0 Å². The topological polar surface area (TPSA) is 70.6 Å². The molecule has 0 saturated heterocycles. The maximum atomic E-state index is 8.32. The number of rotatable bonds is 8. The van der Waals surface area contributed by atoms with Gasteiger partial charge in [-0.05, 0) is 37.8 Å². The van der Waals surface area contributed by atoms with Crippen LogP contribution < -0.4 is 11.1 Å². The van der Waals surface area contributed by atoms with Crippen LogP contribution in [0.1, 0.15) is 40.0 Å². The van der Waals surface area contributed by atoms with Gasteiger partial charge in [-0.2, -0.15) is 0 Å². The van der Waals surface area contributed by atoms with Crippen molar-refractivity contribution in [3.8, 4) is 0 Å². The summed E-state index contributed by atoms with van der Waals surface area (Å²) in [5, 5.41) is 14.7. The van der Waals surface area contributed by atoms with E-state index in [-0.39, 0.29) is 0 Å². The molecular formula is C11H25N3O. The fourth-order valence-corrected chi connectivity index (χ4v) is 1.17. The normalized spacial score (nSPS) is 14.5. The van der Waals surface area contributed by atoms with Crippen molar-refractivity contribution < 1.29 is 5.21 Å². The second kappa shape index (κ2) is 8.53. The van der Waals surface area contributed by atoms with Crippen LogP contribution in [0.4, 0.5) is 0 Å². The molecule has 0 heterocycles. The Kier molecular flexibility index (Phi) is 8.09. The maximum absolute atomic E-state index is 8.32. The average Bonchev–Trinajstić information content (AvgIpc) is 2.22. The van der Waals surface area contributed by atoms with Crippen LogP contribution >= 0.6 is 0 Å². The van der Waals surface area contributed by atoms with E-state index in [9.17, 15) is 0 Å². The summed E-state index contributed by atoms with van der Waals surface area (Å²) in [6.45, 7) is 8.82. The van der Waals surface area contributed by atoms with E-state index in [0.29, 0.717) is 18.2 Å². The Morgan fingerprint density at radius 1 is 1.33 bits per heavy atom. The van der Waals surface area contributed by atoms with Crippen LogP contribution in [-0.4, -0.2) is 24.1 Å². The number of nitrogens with two attached hydrogens (primary N) is 1. The average molecular weight is 215 g/mol. The van der Waals surface area contributed by atoms with Crippen LogP contribution in [0.15, 0.2) is 5.16 Å². The molecule has 0 radical (unpaired) electrons. The van der Waals surface area contributed by atoms with Crippen molar-refractivity contribution in [3.05, 3.63) is 0 Å². The fourth-order valence-electron chi connectivity index (χ4n) is 1.17. The van der Waals surface area contributed by atoms with Crippen LogP contribution in [0.25, 0.3) is 0 Å². The third kappa shape index (κ3) is 8.24. The van der Waals surface area contributed by atoms with Crippen molar-refractivity contribution in [1.82, 2.24) is 5.32 Å². The molecule has 4 heteroatoms. The zero-order valence-corrected chi connectivity index (χ0v) is 10.2. The van der Waals surface area contributed by atoms with Gasteiger partial charge in [0.2, 0.25) is 0 Å². The summed E-state index contributed by atoms with van der Waals surface area (Å²) in [6, 6.07) is 0. The first-order valence-electron chi connectivity index (χ1n) is 5.75. The smallest absolute Gasteiger partial charge is 0.139 e. The lowest BCUT2D eigenvalue weighted by Crippen LogP contribution is -2.25. The van der Waals surface area contributed by atoms with E-state index in [0.717, 1.165) is 31.8 Å². The van der Waals surface area contributed by atoms with Gasteiger partial charge in [-0.3, -0.25) is 0 Å². The summed E-state index contributed by atoms with van der Waals surface area (Å²) in [4.78, 5) is 0. The van der Waals surface area contributed by atoms with E-state index in [1.807, 2.05) is 0 Å². The number of hydrogen-bond donors (Lipinski definition) is 3. The Bertz CT molecular complexity index is 181. The highest BCUT2D eigenvalue weighted by Gasteiger charge is 2.05. The highest BCUT2D eigenvalue weighted by Crippen LogP contribution is 2.07. The number of nitrogens with one attached hydrogen (secondary N) is 1. The lowest BCUT2D eigenvalue weighted by atomic mass is 9.98. The number of nitrogens with zero attached hydrogens (tertiary/aromatic N) is 1. The number of amidine groups is 1. The van der Waals surface area contributed by atoms with E-state index in [1.54, 1.807) is 0 Å². The molecule has 4 N–H and O–H groups in total. The third-order valence-corrected chi connectivity index (χ3v) is 2.77. The van der Waals surface area contributed by atoms with E-state index in [4.69, 9.17) is 10.9 Å². The molecular weight excluding hydrogens is 190 g/mol. The zero-order valence-electron chi connectivity index (χ0n) is 10.2. The van der Waals surface area contributed by atoms with Gasteiger partial charge >= 0.3 is 0 Å². The molecule has 0 aromatic rings. The summed E-state index contributed by atoms with van der Waals surface area (Å²) in [5.41, 5.74) is 5.36. The summed E-state index contributed by atoms with van der Waals surface area (Å²) in [5.74, 6) is 1.77. The first kappa shape index (κ1) is 14.2. The number of hydrogen-bond acceptors (Lipinski definition) is 3. The van der Waals surface area contributed by atoms with E-state index >= 15 is 0 Å². The van der Waals surface area contributed by atoms with Crippen molar-refractivity contribution in [2.75, 3.05) is 13.1 Å². The van der Waals surface area contributed by atoms with Crippen molar-refractivity contribution in [2.45, 2.75) is 40.0 Å². The van der Waals surface area contributed by atoms with Crippen molar-refractivity contribution in [3.63, 3.8) is 0 Å². The largest absolute Gasteiger partial charge is 0.409 e. The van der Waals surface area contributed by atoms with Crippen molar-refractivity contribution in [2.24, 2.45) is 22.7 Å². The molecule has 0 aromatic heterocycles. The minimum absolute atomic E-state index is 0.325. The number of oxime groups is 1. The van der Waals surface area contributed by atoms with Gasteiger partial charge in [-0.15, -0.1) is 0 Å². The molecule has 90 valence electrons. The van der Waals surface area contributed by atoms with Gasteiger partial charge in [0.25, 0.3) is 0 Å². The first-order valence-corrected chi connectivity index (χ1v) is 5.75. The predicted molar refractivity (Wildman–Crippen MR) is 64.1 cm³/mol. The molecule has 0 bridgehead atoms. The van der Waals surface area contributed by atoms with Gasteiger partial charge in [0, 0.05) is 6.42 Å². The Hall–Kier alpha value is -0.770. The Morgan fingerprint density at radius 3 is 2.53 bits per heavy atom. The molecule has 0 aliphatic heterocycles. The molecule has 0 fully saturated rings. The van der Waals surface area contributed by atoms with Gasteiger partial charge in [0.1, 0.15) is 5.84 Å². The second-order valence-corrected chi connectivity index (χ2v) is 4.47. The molecule has 0 aliphatic rings. The van der Waals surface area contributed by atoms with Gasteiger partial charge < -0.3 is 16.3 Å². The molecule has 0 aromatic carbocycles. The van der Waals surface area contributed by atoms with E-state index < -0.39 is 0 Å². The van der Waals surface area contributed by atoms with Gasteiger partial charge in [0.05, 0.1) is 0 Å². The van der Waals surface area contributed by atoms with Crippen molar-refractivity contribution >= 4 is 5.84 Å². The van der Waals surface area contributed by atoms with Crippen molar-refractivity contribution in [1.29, 1.82) is 0 Å². The molecule has 15 heavy (non-hydrogen) atoms. The molecule has 1 unspecified atom stereocenters. The van der Waals surface area contributed by atoms with Crippen LogP contribution in [0, 0.1) is 11.8 Å². The molecule has 0 amide bonds. The summed E-state index contributed by atoms with van der Waals surface area (Å²) in [6.07, 6.45) is 2.72. The molecule has 0 saturated carbocycles. The first-order chi connectivity index (χ1) is 7.07. The van der Waals surface area contributed by atoms with Crippen LogP contribution in [0.5, 0.6) is 0 Å². The zero-order chi connectivity index (χ0) is 11.7. The maximum Gasteiger partial charge on any atom is 0.139 e. The Balaban J connectivity index is 3.25. The highest BCUT2D eigenvalue weighted by molar-refractivity contribution is 5.79. The lowest BCUT2D eigenvalue weighted by Gasteiger charge is -2.15. The number of unbranched alkanes of at least 4 members (excludes halogenated alkanes) is 1.